The van der Waals surface area contributed by atoms with Gasteiger partial charge in [0.15, 0.2) is 0 Å². The summed E-state index contributed by atoms with van der Waals surface area (Å²) in [6.45, 7) is 1.23. The van der Waals surface area contributed by atoms with Crippen molar-refractivity contribution in [3.05, 3.63) is 77.9 Å². The molecule has 142 valence electrons. The molecule has 0 aliphatic carbocycles. The monoisotopic (exact) mass is 374 g/mol. The van der Waals surface area contributed by atoms with Crippen molar-refractivity contribution in [1.82, 2.24) is 5.32 Å². The molecule has 0 radical (unpaired) electrons. The fraction of sp³-hybridized carbons (Fsp3) is 0.217. The van der Waals surface area contributed by atoms with Crippen LogP contribution in [0.5, 0.6) is 0 Å². The molecule has 1 atom stereocenters. The number of fused-ring (bicyclic) bond motifs is 1. The minimum Gasteiger partial charge on any atom is -0.376 e. The van der Waals surface area contributed by atoms with Crippen LogP contribution in [0.1, 0.15) is 33.6 Å². The largest absolute Gasteiger partial charge is 0.376 e. The summed E-state index contributed by atoms with van der Waals surface area (Å²) in [4.78, 5) is 25.3. The predicted octanol–water partition coefficient (Wildman–Crippen LogP) is 4.00. The molecule has 1 aliphatic heterocycles. The Kier molecular flexibility index (Phi) is 5.35. The van der Waals surface area contributed by atoms with E-state index in [1.54, 1.807) is 30.3 Å². The van der Waals surface area contributed by atoms with Crippen LogP contribution in [-0.4, -0.2) is 31.1 Å². The van der Waals surface area contributed by atoms with Gasteiger partial charge in [0.2, 0.25) is 0 Å². The summed E-state index contributed by atoms with van der Waals surface area (Å²) < 4.78 is 5.54. The van der Waals surface area contributed by atoms with Crippen molar-refractivity contribution in [1.29, 1.82) is 0 Å². The SMILES string of the molecule is O=C(Nc1ccccc1C(=O)NCC1CCCO1)c1ccc2ccccc2c1. The fourth-order valence-electron chi connectivity index (χ4n) is 3.42. The van der Waals surface area contributed by atoms with Gasteiger partial charge < -0.3 is 15.4 Å². The number of carbonyl (C=O) groups is 2. The third-order valence-corrected chi connectivity index (χ3v) is 4.95. The minimum atomic E-state index is -0.245. The van der Waals surface area contributed by atoms with Crippen LogP contribution >= 0.6 is 0 Å². The third-order valence-electron chi connectivity index (χ3n) is 4.95. The van der Waals surface area contributed by atoms with Gasteiger partial charge in [-0.25, -0.2) is 0 Å². The zero-order valence-corrected chi connectivity index (χ0v) is 15.5. The molecule has 1 unspecified atom stereocenters. The van der Waals surface area contributed by atoms with Gasteiger partial charge in [-0.3, -0.25) is 9.59 Å². The van der Waals surface area contributed by atoms with Crippen molar-refractivity contribution < 1.29 is 14.3 Å². The first-order valence-electron chi connectivity index (χ1n) is 9.50. The zero-order chi connectivity index (χ0) is 19.3. The second-order valence-corrected chi connectivity index (χ2v) is 6.91. The lowest BCUT2D eigenvalue weighted by Crippen LogP contribution is -2.32. The van der Waals surface area contributed by atoms with E-state index in [0.29, 0.717) is 23.4 Å². The van der Waals surface area contributed by atoms with Crippen molar-refractivity contribution in [3.8, 4) is 0 Å². The van der Waals surface area contributed by atoms with E-state index in [9.17, 15) is 9.59 Å². The van der Waals surface area contributed by atoms with Crippen LogP contribution in [0.25, 0.3) is 10.8 Å². The number of hydrogen-bond acceptors (Lipinski definition) is 3. The summed E-state index contributed by atoms with van der Waals surface area (Å²) in [5, 5.41) is 7.85. The molecule has 1 heterocycles. The average molecular weight is 374 g/mol. The standard InChI is InChI=1S/C23H22N2O3/c26-22(18-12-11-16-6-1-2-7-17(16)14-18)25-21-10-4-3-9-20(21)23(27)24-15-19-8-5-13-28-19/h1-4,6-7,9-12,14,19H,5,8,13,15H2,(H,24,27)(H,25,26). The molecular formula is C23H22N2O3. The highest BCUT2D eigenvalue weighted by Gasteiger charge is 2.18. The molecule has 1 aliphatic rings. The fourth-order valence-corrected chi connectivity index (χ4v) is 3.42. The highest BCUT2D eigenvalue weighted by atomic mass is 16.5. The van der Waals surface area contributed by atoms with Crippen molar-refractivity contribution in [2.75, 3.05) is 18.5 Å². The topological polar surface area (TPSA) is 67.4 Å². The molecule has 0 saturated carbocycles. The van der Waals surface area contributed by atoms with E-state index in [-0.39, 0.29) is 17.9 Å². The smallest absolute Gasteiger partial charge is 0.255 e. The highest BCUT2D eigenvalue weighted by molar-refractivity contribution is 6.10. The molecular weight excluding hydrogens is 352 g/mol. The summed E-state index contributed by atoms with van der Waals surface area (Å²) in [5.41, 5.74) is 1.48. The van der Waals surface area contributed by atoms with Gasteiger partial charge in [0.25, 0.3) is 11.8 Å². The van der Waals surface area contributed by atoms with E-state index < -0.39 is 0 Å². The number of para-hydroxylation sites is 1. The number of rotatable bonds is 5. The van der Waals surface area contributed by atoms with Crippen molar-refractivity contribution in [2.24, 2.45) is 0 Å². The minimum absolute atomic E-state index is 0.0725. The summed E-state index contributed by atoms with van der Waals surface area (Å²) in [6.07, 6.45) is 2.06. The van der Waals surface area contributed by atoms with Crippen LogP contribution in [0.3, 0.4) is 0 Å². The van der Waals surface area contributed by atoms with Crippen LogP contribution < -0.4 is 10.6 Å². The van der Waals surface area contributed by atoms with E-state index in [2.05, 4.69) is 10.6 Å². The number of hydrogen-bond donors (Lipinski definition) is 2. The van der Waals surface area contributed by atoms with Crippen LogP contribution in [0.4, 0.5) is 5.69 Å². The lowest BCUT2D eigenvalue weighted by molar-refractivity contribution is 0.0858. The lowest BCUT2D eigenvalue weighted by Gasteiger charge is -2.14. The van der Waals surface area contributed by atoms with Crippen molar-refractivity contribution in [3.63, 3.8) is 0 Å². The van der Waals surface area contributed by atoms with Gasteiger partial charge in [-0.1, -0.05) is 42.5 Å². The Morgan fingerprint density at radius 2 is 1.71 bits per heavy atom. The quantitative estimate of drug-likeness (QED) is 0.709. The average Bonchev–Trinajstić information content (AvgIpc) is 3.25. The Morgan fingerprint density at radius 3 is 2.54 bits per heavy atom. The summed E-state index contributed by atoms with van der Waals surface area (Å²) in [5.74, 6) is -0.463. The number of anilines is 1. The molecule has 28 heavy (non-hydrogen) atoms. The molecule has 0 bridgehead atoms. The molecule has 3 aromatic rings. The Morgan fingerprint density at radius 1 is 0.929 bits per heavy atom. The van der Waals surface area contributed by atoms with Crippen LogP contribution in [0.15, 0.2) is 66.7 Å². The van der Waals surface area contributed by atoms with Crippen molar-refractivity contribution >= 4 is 28.3 Å². The maximum absolute atomic E-state index is 12.7. The van der Waals surface area contributed by atoms with Gasteiger partial charge in [-0.2, -0.15) is 0 Å². The molecule has 4 rings (SSSR count). The zero-order valence-electron chi connectivity index (χ0n) is 15.5. The molecule has 0 aromatic heterocycles. The van der Waals surface area contributed by atoms with Crippen molar-refractivity contribution in [2.45, 2.75) is 18.9 Å². The van der Waals surface area contributed by atoms with Gasteiger partial charge in [0.05, 0.1) is 17.4 Å². The predicted molar refractivity (Wildman–Crippen MR) is 110 cm³/mol. The van der Waals surface area contributed by atoms with E-state index >= 15 is 0 Å². The van der Waals surface area contributed by atoms with Gasteiger partial charge in [-0.05, 0) is 47.9 Å². The van der Waals surface area contributed by atoms with Gasteiger partial charge in [-0.15, -0.1) is 0 Å². The first-order valence-corrected chi connectivity index (χ1v) is 9.50. The summed E-state index contributed by atoms with van der Waals surface area (Å²) in [6, 6.07) is 20.5. The Bertz CT molecular complexity index is 1010. The molecule has 2 N–H and O–H groups in total. The molecule has 2 amide bonds. The van der Waals surface area contributed by atoms with E-state index in [1.165, 1.54) is 0 Å². The number of benzene rings is 3. The number of ether oxygens (including phenoxy) is 1. The molecule has 1 saturated heterocycles. The number of amides is 2. The first-order chi connectivity index (χ1) is 13.7. The Balaban J connectivity index is 1.49. The summed E-state index contributed by atoms with van der Waals surface area (Å²) in [7, 11) is 0. The first kappa shape index (κ1) is 18.2. The van der Waals surface area contributed by atoms with E-state index in [4.69, 9.17) is 4.74 Å². The third kappa shape index (κ3) is 4.05. The van der Waals surface area contributed by atoms with Gasteiger partial charge in [0.1, 0.15) is 0 Å². The molecule has 1 fully saturated rings. The molecule has 3 aromatic carbocycles. The highest BCUT2D eigenvalue weighted by Crippen LogP contribution is 2.19. The lowest BCUT2D eigenvalue weighted by atomic mass is 10.1. The Hall–Kier alpha value is -3.18. The number of carbonyl (C=O) groups excluding carboxylic acids is 2. The maximum atomic E-state index is 12.7. The second-order valence-electron chi connectivity index (χ2n) is 6.91. The molecule has 5 nitrogen and oxygen atoms in total. The second kappa shape index (κ2) is 8.23. The molecule has 5 heteroatoms. The Labute approximate surface area is 163 Å². The normalized spacial score (nSPS) is 16.1. The maximum Gasteiger partial charge on any atom is 0.255 e. The van der Waals surface area contributed by atoms with Crippen LogP contribution in [0, 0.1) is 0 Å². The van der Waals surface area contributed by atoms with E-state index in [0.717, 1.165) is 30.2 Å². The number of nitrogens with one attached hydrogen (secondary N) is 2. The van der Waals surface area contributed by atoms with Gasteiger partial charge in [0, 0.05) is 18.7 Å². The van der Waals surface area contributed by atoms with Crippen LogP contribution in [-0.2, 0) is 4.74 Å². The van der Waals surface area contributed by atoms with Gasteiger partial charge >= 0.3 is 0 Å². The van der Waals surface area contributed by atoms with E-state index in [1.807, 2.05) is 36.4 Å². The van der Waals surface area contributed by atoms with Crippen LogP contribution in [0.2, 0.25) is 0 Å². The summed E-state index contributed by atoms with van der Waals surface area (Å²) >= 11 is 0. The molecule has 0 spiro atoms.